The maximum atomic E-state index is 8.46. The monoisotopic (exact) mass is 1520 g/mol. The zero-order chi connectivity index (χ0) is 89.7. The van der Waals surface area contributed by atoms with Crippen LogP contribution in [-0.4, -0.2) is 0 Å². The van der Waals surface area contributed by atoms with Crippen LogP contribution in [0.25, 0.3) is 166 Å². The van der Waals surface area contributed by atoms with Gasteiger partial charge in [0.1, 0.15) is 91.1 Å². The van der Waals surface area contributed by atoms with Crippen molar-refractivity contribution in [2.24, 2.45) is 35.2 Å². The van der Waals surface area contributed by atoms with Crippen LogP contribution in [0.15, 0.2) is 290 Å². The Kier molecular flexibility index (Phi) is 17.2. The zero-order valence-electron chi connectivity index (χ0n) is 78.7. The first-order chi connectivity index (χ1) is 59.8. The molecule has 2 unspecified atom stereocenters. The van der Waals surface area contributed by atoms with Gasteiger partial charge in [0.2, 0.25) is 28.5 Å². The van der Waals surface area contributed by atoms with E-state index in [2.05, 4.69) is 179 Å². The average molecular weight is 1520 g/mol. The molecule has 0 aliphatic heterocycles. The number of rotatable bonds is 7. The SMILES string of the molecule is Cc1cc(-c2cc3oc4ccccc4c3cc2C)[n+](C)cc1C.Cc1cc[n+](C)c(-c2c(C)ccc3c2oc2ccccc23)c1.[2H]C([2H])([2H])C([2H])(C)c1cc[n+](C)c(-c2c(C)ccc3c2oc2ccccc23)c1.[2H]C([2H])([2H])C([2H])(C)c1ccc(-c2c(C)ccc3c2oc2ccccc23)[n+](C)c1.[2H]C([2H])([2H])c1ccc(-c2c(C)ccc3c2oc2ccccc23)[n+](C)c1. The molecule has 0 aliphatic carbocycles. The minimum atomic E-state index is -2.43. The molecule has 0 N–H and O–H groups in total. The van der Waals surface area contributed by atoms with Crippen molar-refractivity contribution < 1.29 is 60.0 Å². The molecule has 10 aromatic carbocycles. The summed E-state index contributed by atoms with van der Waals surface area (Å²) in [6.45, 7) is 12.8. The summed E-state index contributed by atoms with van der Waals surface area (Å²) in [7, 11) is 9.83. The topological polar surface area (TPSA) is 85.1 Å². The van der Waals surface area contributed by atoms with Crippen LogP contribution in [0.5, 0.6) is 0 Å². The van der Waals surface area contributed by atoms with Gasteiger partial charge in [-0.25, -0.2) is 22.8 Å². The quantitative estimate of drug-likeness (QED) is 0.148. The first-order valence-electron chi connectivity index (χ1n) is 44.3. The number of para-hydroxylation sites is 5. The number of hydrogen-bond acceptors (Lipinski definition) is 5. The molecule has 0 spiro atoms. The number of nitrogens with zero attached hydrogens (tertiary/aromatic N) is 5. The molecular formula is C105H100N5O5+5. The summed E-state index contributed by atoms with van der Waals surface area (Å²) >= 11 is 0. The Hall–Kier alpha value is -13.1. The highest BCUT2D eigenvalue weighted by Gasteiger charge is 2.27. The van der Waals surface area contributed by atoms with Crippen molar-refractivity contribution in [1.82, 2.24) is 0 Å². The second-order valence-corrected chi connectivity index (χ2v) is 30.5. The fourth-order valence-corrected chi connectivity index (χ4v) is 16.1. The predicted molar refractivity (Wildman–Crippen MR) is 472 cm³/mol. The molecule has 570 valence electrons. The Morgan fingerprint density at radius 1 is 0.270 bits per heavy atom. The number of aryl methyl sites for hydroxylation is 14. The van der Waals surface area contributed by atoms with Crippen molar-refractivity contribution in [3.05, 3.63) is 329 Å². The van der Waals surface area contributed by atoms with E-state index in [4.69, 9.17) is 37.2 Å². The van der Waals surface area contributed by atoms with Gasteiger partial charge in [-0.05, 0) is 173 Å². The number of aromatic nitrogens is 5. The third kappa shape index (κ3) is 14.4. The minimum Gasteiger partial charge on any atom is -0.456 e. The van der Waals surface area contributed by atoms with Crippen LogP contribution in [0.2, 0.25) is 0 Å². The van der Waals surface area contributed by atoms with Gasteiger partial charge in [0.05, 0.1) is 27.8 Å². The van der Waals surface area contributed by atoms with Crippen LogP contribution in [-0.2, 0) is 35.2 Å². The largest absolute Gasteiger partial charge is 0.456 e. The maximum Gasteiger partial charge on any atom is 0.216 e. The summed E-state index contributed by atoms with van der Waals surface area (Å²) < 4.78 is 127. The number of furan rings is 5. The van der Waals surface area contributed by atoms with Gasteiger partial charge in [0.25, 0.3) is 0 Å². The van der Waals surface area contributed by atoms with E-state index in [1.54, 1.807) is 36.7 Å². The van der Waals surface area contributed by atoms with Crippen molar-refractivity contribution in [3.63, 3.8) is 0 Å². The second kappa shape index (κ2) is 31.1. The summed E-state index contributed by atoms with van der Waals surface area (Å²) in [5, 5.41) is 11.1. The molecule has 10 heterocycles. The van der Waals surface area contributed by atoms with E-state index in [0.29, 0.717) is 16.7 Å². The lowest BCUT2D eigenvalue weighted by molar-refractivity contribution is -0.660. The lowest BCUT2D eigenvalue weighted by atomic mass is 9.97. The normalized spacial score (nSPS) is 14.3. The van der Waals surface area contributed by atoms with Crippen molar-refractivity contribution in [3.8, 4) is 56.3 Å². The van der Waals surface area contributed by atoms with Crippen LogP contribution >= 0.6 is 0 Å². The Morgan fingerprint density at radius 3 is 1.10 bits per heavy atom. The summed E-state index contributed by atoms with van der Waals surface area (Å²) in [5.74, 6) is -3.38. The van der Waals surface area contributed by atoms with Crippen LogP contribution < -0.4 is 22.8 Å². The second-order valence-electron chi connectivity index (χ2n) is 30.5. The first-order valence-corrected chi connectivity index (χ1v) is 38.8. The maximum absolute atomic E-state index is 8.46. The van der Waals surface area contributed by atoms with Crippen molar-refractivity contribution in [1.29, 1.82) is 0 Å². The van der Waals surface area contributed by atoms with Crippen molar-refractivity contribution in [2.45, 2.75) is 102 Å². The molecule has 20 aromatic rings. The Morgan fingerprint density at radius 2 is 0.661 bits per heavy atom. The third-order valence-corrected chi connectivity index (χ3v) is 22.4. The summed E-state index contributed by atoms with van der Waals surface area (Å²) in [5.41, 5.74) is 29.9. The summed E-state index contributed by atoms with van der Waals surface area (Å²) in [6, 6.07) is 78.7. The van der Waals surface area contributed by atoms with Crippen molar-refractivity contribution in [2.75, 3.05) is 0 Å². The van der Waals surface area contributed by atoms with E-state index < -0.39 is 32.3 Å². The first kappa shape index (κ1) is 63.5. The smallest absolute Gasteiger partial charge is 0.216 e. The molecular weight excluding hydrogens is 1410 g/mol. The molecule has 0 saturated carbocycles. The van der Waals surface area contributed by atoms with Gasteiger partial charge < -0.3 is 22.1 Å². The zero-order valence-corrected chi connectivity index (χ0v) is 67.7. The van der Waals surface area contributed by atoms with E-state index in [9.17, 15) is 0 Å². The molecule has 115 heavy (non-hydrogen) atoms. The molecule has 10 aromatic heterocycles. The molecule has 0 saturated heterocycles. The van der Waals surface area contributed by atoms with E-state index in [1.165, 1.54) is 85.7 Å². The molecule has 0 aliphatic rings. The molecule has 10 heteroatoms. The molecule has 0 radical (unpaired) electrons. The van der Waals surface area contributed by atoms with Crippen molar-refractivity contribution >= 4 is 110 Å². The highest BCUT2D eigenvalue weighted by Crippen LogP contribution is 2.43. The highest BCUT2D eigenvalue weighted by atomic mass is 16.3. The number of fused-ring (bicyclic) bond motifs is 15. The minimum absolute atomic E-state index is 0.327. The Balaban J connectivity index is 0.000000116. The van der Waals surface area contributed by atoms with Crippen LogP contribution in [0, 0.1) is 62.2 Å². The van der Waals surface area contributed by atoms with Crippen LogP contribution in [0.3, 0.4) is 0 Å². The number of benzene rings is 10. The Labute approximate surface area is 688 Å². The molecule has 0 amide bonds. The lowest BCUT2D eigenvalue weighted by Gasteiger charge is -2.09. The summed E-state index contributed by atoms with van der Waals surface area (Å²) in [6.07, 6.45) is 9.50. The van der Waals surface area contributed by atoms with Gasteiger partial charge in [0, 0.05) is 128 Å². The fraction of sp³-hybridized carbons (Fsp3) is 0.190. The van der Waals surface area contributed by atoms with Crippen LogP contribution in [0.1, 0.15) is 116 Å². The summed E-state index contributed by atoms with van der Waals surface area (Å²) in [4.78, 5) is 0. The fourth-order valence-electron chi connectivity index (χ4n) is 16.1. The van der Waals surface area contributed by atoms with Gasteiger partial charge in [-0.2, -0.15) is 0 Å². The van der Waals surface area contributed by atoms with Gasteiger partial charge in [-0.3, -0.25) is 0 Å². The van der Waals surface area contributed by atoms with E-state index >= 15 is 0 Å². The van der Waals surface area contributed by atoms with Gasteiger partial charge in [0.15, 0.2) is 31.0 Å². The highest BCUT2D eigenvalue weighted by molar-refractivity contribution is 6.13. The molecule has 0 fully saturated rings. The van der Waals surface area contributed by atoms with Gasteiger partial charge >= 0.3 is 0 Å². The van der Waals surface area contributed by atoms with E-state index in [-0.39, 0.29) is 0 Å². The Bertz CT molecular complexity index is 7690. The number of pyridine rings is 5. The average Bonchev–Trinajstić information content (AvgIpc) is 1.51. The molecule has 20 rings (SSSR count). The van der Waals surface area contributed by atoms with Gasteiger partial charge in [-0.15, -0.1) is 0 Å². The standard InChI is InChI=1S/2C22H22NO.C21H20NO.2C20H18NO/c1-14(2)16-10-12-19(23(4)13-16)21-15(3)9-11-18-17-7-5-6-8-20(17)24-22(18)21;1-14(2)16-11-12-23(4)19(13-16)21-15(3)9-10-18-17-7-5-6-8-20(17)24-22(18)21;1-13-10-19(22(4)12-15(13)3)17-11-21-18(9-14(17)2)16-7-5-6-8-20(16)23-21;1-13-8-11-17(21(3)12-13)19-14(2)9-10-16-15-6-4-5-7-18(15)22-20(16)19;1-13-10-11-21(3)17(12-13)19-14(2)8-9-16-15-6-4-5-7-18(15)22-20(16)19/h2*5-14H,1-4H3;5-12H,1-4H3;2*4-12H,1-3H3/q5*+1/i2*1D3,14D;;1D3;. The molecule has 10 nitrogen and oxygen atoms in total. The third-order valence-electron chi connectivity index (χ3n) is 22.4. The van der Waals surface area contributed by atoms with Crippen LogP contribution in [0.4, 0.5) is 0 Å². The number of hydrogen-bond donors (Lipinski definition) is 0. The predicted octanol–water partition coefficient (Wildman–Crippen LogP) is 25.4. The lowest BCUT2D eigenvalue weighted by Crippen LogP contribution is -2.31. The van der Waals surface area contributed by atoms with Gasteiger partial charge in [-0.1, -0.05) is 167 Å². The van der Waals surface area contributed by atoms with E-state index in [1.807, 2.05) is 165 Å². The van der Waals surface area contributed by atoms with E-state index in [0.717, 1.165) is 139 Å². The molecule has 2 atom stereocenters. The molecule has 0 bridgehead atoms.